The minimum absolute atomic E-state index is 0.423. The molecule has 0 amide bonds. The maximum absolute atomic E-state index is 9.23. The van der Waals surface area contributed by atoms with Gasteiger partial charge < -0.3 is 19.5 Å². The van der Waals surface area contributed by atoms with E-state index in [1.165, 1.54) is 19.3 Å². The summed E-state index contributed by atoms with van der Waals surface area (Å²) >= 11 is 0. The van der Waals surface area contributed by atoms with Crippen LogP contribution in [0, 0.1) is 5.92 Å². The summed E-state index contributed by atoms with van der Waals surface area (Å²) in [6.45, 7) is 5.54. The van der Waals surface area contributed by atoms with Crippen LogP contribution in [0.5, 0.6) is 5.75 Å². The Bertz CT molecular complexity index is 409. The normalized spacial score (nSPS) is 12.2. The standard InChI is InChI=1S/C16H27BO4/c1-4-6-7-13(5-2)11-21-12-14-10-15(17(18)19)8-9-16(14)20-3/h8-10,13,18-19H,4-7,11-12H2,1-3H3. The smallest absolute Gasteiger partial charge is 0.488 e. The molecule has 0 heterocycles. The summed E-state index contributed by atoms with van der Waals surface area (Å²) < 4.78 is 11.1. The topological polar surface area (TPSA) is 58.9 Å². The number of hydrogen-bond acceptors (Lipinski definition) is 4. The van der Waals surface area contributed by atoms with Crippen LogP contribution >= 0.6 is 0 Å². The summed E-state index contributed by atoms with van der Waals surface area (Å²) in [5, 5.41) is 18.5. The molecule has 0 fully saturated rings. The zero-order valence-electron chi connectivity index (χ0n) is 13.3. The largest absolute Gasteiger partial charge is 0.496 e. The fourth-order valence-corrected chi connectivity index (χ4v) is 2.31. The van der Waals surface area contributed by atoms with E-state index in [4.69, 9.17) is 9.47 Å². The lowest BCUT2D eigenvalue weighted by Gasteiger charge is -2.16. The van der Waals surface area contributed by atoms with E-state index in [1.807, 2.05) is 0 Å². The van der Waals surface area contributed by atoms with Crippen LogP contribution in [0.3, 0.4) is 0 Å². The molecule has 0 aromatic heterocycles. The zero-order valence-corrected chi connectivity index (χ0v) is 13.3. The molecule has 21 heavy (non-hydrogen) atoms. The summed E-state index contributed by atoms with van der Waals surface area (Å²) in [7, 11) is 0.131. The first kappa shape index (κ1) is 18.0. The van der Waals surface area contributed by atoms with Gasteiger partial charge in [0.15, 0.2) is 0 Å². The summed E-state index contributed by atoms with van der Waals surface area (Å²) in [6.07, 6.45) is 4.75. The maximum Gasteiger partial charge on any atom is 0.488 e. The number of benzene rings is 1. The Labute approximate surface area is 128 Å². The lowest BCUT2D eigenvalue weighted by atomic mass is 9.79. The summed E-state index contributed by atoms with van der Waals surface area (Å²) in [4.78, 5) is 0. The molecule has 0 bridgehead atoms. The van der Waals surface area contributed by atoms with E-state index in [1.54, 1.807) is 25.3 Å². The predicted molar refractivity (Wildman–Crippen MR) is 85.8 cm³/mol. The van der Waals surface area contributed by atoms with Gasteiger partial charge in [0.25, 0.3) is 0 Å². The monoisotopic (exact) mass is 294 g/mol. The number of unbranched alkanes of at least 4 members (excludes halogenated alkanes) is 1. The van der Waals surface area contributed by atoms with Crippen molar-refractivity contribution in [2.45, 2.75) is 46.1 Å². The average molecular weight is 294 g/mol. The van der Waals surface area contributed by atoms with Gasteiger partial charge in [-0.1, -0.05) is 45.2 Å². The Kier molecular flexibility index (Phi) is 8.42. The second-order valence-corrected chi connectivity index (χ2v) is 5.38. The van der Waals surface area contributed by atoms with E-state index in [0.717, 1.165) is 18.6 Å². The van der Waals surface area contributed by atoms with Gasteiger partial charge in [0.05, 0.1) is 13.7 Å². The van der Waals surface area contributed by atoms with Crippen molar-refractivity contribution in [3.05, 3.63) is 23.8 Å². The first-order chi connectivity index (χ1) is 10.1. The van der Waals surface area contributed by atoms with Gasteiger partial charge in [-0.05, 0) is 23.9 Å². The molecule has 118 valence electrons. The molecule has 0 saturated heterocycles. The van der Waals surface area contributed by atoms with Gasteiger partial charge in [-0.3, -0.25) is 0 Å². The summed E-state index contributed by atoms with van der Waals surface area (Å²) in [5.41, 5.74) is 1.29. The highest BCUT2D eigenvalue weighted by Crippen LogP contribution is 2.19. The third kappa shape index (κ3) is 6.08. The van der Waals surface area contributed by atoms with Gasteiger partial charge in [0, 0.05) is 12.2 Å². The van der Waals surface area contributed by atoms with Crippen molar-refractivity contribution >= 4 is 12.6 Å². The molecule has 5 heteroatoms. The highest BCUT2D eigenvalue weighted by atomic mass is 16.5. The first-order valence-corrected chi connectivity index (χ1v) is 7.73. The van der Waals surface area contributed by atoms with E-state index in [2.05, 4.69) is 13.8 Å². The molecule has 0 aliphatic rings. The zero-order chi connectivity index (χ0) is 15.7. The Balaban J connectivity index is 2.58. The maximum atomic E-state index is 9.23. The molecule has 2 N–H and O–H groups in total. The van der Waals surface area contributed by atoms with Gasteiger partial charge >= 0.3 is 7.12 Å². The van der Waals surface area contributed by atoms with Crippen LogP contribution in [-0.2, 0) is 11.3 Å². The van der Waals surface area contributed by atoms with Crippen LogP contribution in [0.4, 0.5) is 0 Å². The molecule has 0 spiro atoms. The van der Waals surface area contributed by atoms with Crippen molar-refractivity contribution in [1.29, 1.82) is 0 Å². The minimum Gasteiger partial charge on any atom is -0.496 e. The van der Waals surface area contributed by atoms with Crippen LogP contribution in [0.25, 0.3) is 0 Å². The molecule has 1 aromatic rings. The molecular weight excluding hydrogens is 267 g/mol. The van der Waals surface area contributed by atoms with E-state index in [9.17, 15) is 10.0 Å². The summed E-state index contributed by atoms with van der Waals surface area (Å²) in [5.74, 6) is 1.29. The van der Waals surface area contributed by atoms with E-state index < -0.39 is 7.12 Å². The van der Waals surface area contributed by atoms with Gasteiger partial charge in [-0.15, -0.1) is 0 Å². The number of ether oxygens (including phenoxy) is 2. The molecular formula is C16H27BO4. The van der Waals surface area contributed by atoms with Crippen molar-refractivity contribution in [2.75, 3.05) is 13.7 Å². The van der Waals surface area contributed by atoms with Gasteiger partial charge in [-0.2, -0.15) is 0 Å². The van der Waals surface area contributed by atoms with E-state index in [0.29, 0.717) is 23.7 Å². The number of rotatable bonds is 10. The molecule has 1 rings (SSSR count). The fraction of sp³-hybridized carbons (Fsp3) is 0.625. The number of methoxy groups -OCH3 is 1. The van der Waals surface area contributed by atoms with E-state index >= 15 is 0 Å². The predicted octanol–water partition coefficient (Wildman–Crippen LogP) is 2.11. The molecule has 0 aliphatic heterocycles. The van der Waals surface area contributed by atoms with Crippen LogP contribution in [0.15, 0.2) is 18.2 Å². The molecule has 0 aliphatic carbocycles. The SMILES string of the molecule is CCCCC(CC)COCc1cc(B(O)O)ccc1OC. The minimum atomic E-state index is -1.47. The molecule has 1 unspecified atom stereocenters. The average Bonchev–Trinajstić information content (AvgIpc) is 2.50. The summed E-state index contributed by atoms with van der Waals surface area (Å²) in [6, 6.07) is 5.10. The first-order valence-electron chi connectivity index (χ1n) is 7.73. The van der Waals surface area contributed by atoms with Crippen molar-refractivity contribution in [3.8, 4) is 5.75 Å². The van der Waals surface area contributed by atoms with Crippen LogP contribution in [-0.4, -0.2) is 30.9 Å². The second-order valence-electron chi connectivity index (χ2n) is 5.38. The third-order valence-corrected chi connectivity index (χ3v) is 3.76. The van der Waals surface area contributed by atoms with Crippen molar-refractivity contribution in [2.24, 2.45) is 5.92 Å². The van der Waals surface area contributed by atoms with Gasteiger partial charge in [0.2, 0.25) is 0 Å². The lowest BCUT2D eigenvalue weighted by molar-refractivity contribution is 0.0807. The second kappa shape index (κ2) is 9.82. The molecule has 0 radical (unpaired) electrons. The Morgan fingerprint density at radius 3 is 2.57 bits per heavy atom. The molecule has 1 atom stereocenters. The van der Waals surface area contributed by atoms with Crippen molar-refractivity contribution < 1.29 is 19.5 Å². The molecule has 4 nitrogen and oxygen atoms in total. The third-order valence-electron chi connectivity index (χ3n) is 3.76. The van der Waals surface area contributed by atoms with Gasteiger partial charge in [0.1, 0.15) is 5.75 Å². The Morgan fingerprint density at radius 2 is 2.00 bits per heavy atom. The lowest BCUT2D eigenvalue weighted by Crippen LogP contribution is -2.30. The Hall–Kier alpha value is -1.04. The number of hydrogen-bond donors (Lipinski definition) is 2. The molecule has 0 saturated carbocycles. The fourth-order valence-electron chi connectivity index (χ4n) is 2.31. The quantitative estimate of drug-likeness (QED) is 0.649. The van der Waals surface area contributed by atoms with Crippen molar-refractivity contribution in [3.63, 3.8) is 0 Å². The molecule has 1 aromatic carbocycles. The Morgan fingerprint density at radius 1 is 1.24 bits per heavy atom. The van der Waals surface area contributed by atoms with Crippen molar-refractivity contribution in [1.82, 2.24) is 0 Å². The van der Waals surface area contributed by atoms with Crippen LogP contribution in [0.2, 0.25) is 0 Å². The van der Waals surface area contributed by atoms with Gasteiger partial charge in [-0.25, -0.2) is 0 Å². The highest BCUT2D eigenvalue weighted by Gasteiger charge is 2.14. The highest BCUT2D eigenvalue weighted by molar-refractivity contribution is 6.58. The van der Waals surface area contributed by atoms with E-state index in [-0.39, 0.29) is 0 Å². The van der Waals surface area contributed by atoms with Crippen LogP contribution < -0.4 is 10.2 Å². The van der Waals surface area contributed by atoms with Crippen LogP contribution in [0.1, 0.15) is 45.1 Å².